The summed E-state index contributed by atoms with van der Waals surface area (Å²) < 4.78 is 59.5. The molecule has 0 rings (SSSR count). The first kappa shape index (κ1) is 36.4. The van der Waals surface area contributed by atoms with Crippen molar-refractivity contribution in [3.63, 3.8) is 0 Å². The summed E-state index contributed by atoms with van der Waals surface area (Å²) in [5.74, 6) is -1.91. The minimum Gasteiger partial charge on any atom is -0.748 e. The van der Waals surface area contributed by atoms with Crippen molar-refractivity contribution in [2.24, 2.45) is 17.2 Å². The Balaban J connectivity index is -0.000000177. The summed E-state index contributed by atoms with van der Waals surface area (Å²) in [4.78, 5) is 14.5. The molecule has 0 saturated carbocycles. The molecule has 0 aliphatic heterocycles. The summed E-state index contributed by atoms with van der Waals surface area (Å²) in [7, 11) is -3.36. The van der Waals surface area contributed by atoms with Gasteiger partial charge in [0.05, 0.1) is 28.2 Å². The minimum absolute atomic E-state index is 0. The van der Waals surface area contributed by atoms with Crippen molar-refractivity contribution < 1.29 is 65.4 Å². The van der Waals surface area contributed by atoms with Gasteiger partial charge < -0.3 is 31.8 Å². The number of hydrogen-bond acceptors (Lipinski definition) is 12. The van der Waals surface area contributed by atoms with Crippen LogP contribution in [0.15, 0.2) is 0 Å². The number of carboxylic acid groups (broad SMARTS) is 1. The van der Waals surface area contributed by atoms with Gasteiger partial charge in [0.25, 0.3) is 10.1 Å². The molecule has 0 amide bonds. The fourth-order valence-electron chi connectivity index (χ4n) is 1.02. The van der Waals surface area contributed by atoms with Crippen molar-refractivity contribution in [1.82, 2.24) is 14.7 Å². The van der Waals surface area contributed by atoms with Crippen molar-refractivity contribution in [1.29, 1.82) is 0 Å². The van der Waals surface area contributed by atoms with Crippen LogP contribution in [0, 0.1) is 0 Å². The van der Waals surface area contributed by atoms with Crippen LogP contribution >= 0.6 is 0 Å². The van der Waals surface area contributed by atoms with Crippen LogP contribution < -0.4 is 46.8 Å². The summed E-state index contributed by atoms with van der Waals surface area (Å²) in [6, 6.07) is 0. The van der Waals surface area contributed by atoms with E-state index >= 15 is 0 Å². The summed E-state index contributed by atoms with van der Waals surface area (Å²) in [5, 5.41) is 8.12. The zero-order chi connectivity index (χ0) is 23.0. The molecule has 0 fully saturated rings. The van der Waals surface area contributed by atoms with Crippen molar-refractivity contribution in [3.05, 3.63) is 0 Å². The molecule has 0 aromatic rings. The number of rotatable bonds is 11. The van der Waals surface area contributed by atoms with Crippen LogP contribution in [0.3, 0.4) is 0 Å². The molecule has 0 saturated heterocycles. The van der Waals surface area contributed by atoms with Gasteiger partial charge in [0, 0.05) is 33.1 Å². The molecule has 172 valence electrons. The molecule has 0 aromatic carbocycles. The Morgan fingerprint density at radius 2 is 1.24 bits per heavy atom. The monoisotopic (exact) mass is 476 g/mol. The first-order valence-corrected chi connectivity index (χ1v) is 11.0. The third kappa shape index (κ3) is 39.1. The van der Waals surface area contributed by atoms with E-state index in [9.17, 15) is 26.2 Å². The minimum atomic E-state index is -4.28. The molecule has 14 nitrogen and oxygen atoms in total. The second-order valence-electron chi connectivity index (χ2n) is 5.66. The maximum atomic E-state index is 10.3. The number of aliphatic carboxylic acids is 1. The Bertz CT molecular complexity index is 568. The molecule has 0 radical (unpaired) electrons. The predicted molar refractivity (Wildman–Crippen MR) is 104 cm³/mol. The largest absolute Gasteiger partial charge is 1.00 e. The number of likely N-dealkylation sites (N-methyl/N-ethyl adjacent to an activating group) is 1. The maximum absolute atomic E-state index is 10.3. The Hall–Kier alpha value is 0.0500. The van der Waals surface area contributed by atoms with Gasteiger partial charge in [0.1, 0.15) is 0 Å². The smallest absolute Gasteiger partial charge is 0.748 e. The van der Waals surface area contributed by atoms with Crippen LogP contribution in [0.25, 0.3) is 0 Å². The molecule has 0 aromatic heterocycles. The summed E-state index contributed by atoms with van der Waals surface area (Å²) in [6.07, 6.45) is 0. The quantitative estimate of drug-likeness (QED) is 0.106. The third-order valence-corrected chi connectivity index (χ3v) is 4.18. The Morgan fingerprint density at radius 3 is 1.45 bits per heavy atom. The molecular weight excluding hydrogens is 443 g/mol. The molecule has 0 bridgehead atoms. The number of carboxylic acids is 1. The second-order valence-corrected chi connectivity index (χ2v) is 8.76. The first-order chi connectivity index (χ1) is 12.6. The van der Waals surface area contributed by atoms with Gasteiger partial charge in [-0.1, -0.05) is 0 Å². The fourth-order valence-corrected chi connectivity index (χ4v) is 2.10. The van der Waals surface area contributed by atoms with Gasteiger partial charge in [-0.3, -0.25) is 19.1 Å². The van der Waals surface area contributed by atoms with E-state index in [0.717, 1.165) is 0 Å². The van der Waals surface area contributed by atoms with Crippen LogP contribution in [0.1, 0.15) is 0 Å². The van der Waals surface area contributed by atoms with E-state index in [2.05, 4.69) is 0 Å². The number of carbonyl (C=O) groups is 1. The molecule has 0 aliphatic rings. The average Bonchev–Trinajstić information content (AvgIpc) is 2.56. The first-order valence-electron chi connectivity index (χ1n) is 7.84. The van der Waals surface area contributed by atoms with E-state index < -0.39 is 37.7 Å². The fraction of sp³-hybridized carbons (Fsp3) is 0.917. The topological polar surface area (TPSA) is 237 Å². The molecule has 29 heavy (non-hydrogen) atoms. The molecule has 0 unspecified atom stereocenters. The Labute approximate surface area is 195 Å². The van der Waals surface area contributed by atoms with Gasteiger partial charge in [-0.15, -0.1) is 0 Å². The molecule has 8 N–H and O–H groups in total. The van der Waals surface area contributed by atoms with Crippen LogP contribution in [0.4, 0.5) is 0 Å². The summed E-state index contributed by atoms with van der Waals surface area (Å²) in [6.45, 7) is 1.30. The zero-order valence-electron chi connectivity index (χ0n) is 17.4. The van der Waals surface area contributed by atoms with Gasteiger partial charge >= 0.3 is 35.5 Å². The molecule has 0 spiro atoms. The Morgan fingerprint density at radius 1 is 0.862 bits per heavy atom. The van der Waals surface area contributed by atoms with Crippen LogP contribution in [-0.2, 0) is 25.0 Å². The summed E-state index contributed by atoms with van der Waals surface area (Å²) in [5.41, 5.74) is 15.3. The zero-order valence-corrected chi connectivity index (χ0v) is 21.0. The van der Waals surface area contributed by atoms with Crippen LogP contribution in [-0.4, -0.2) is 124 Å². The van der Waals surface area contributed by atoms with Gasteiger partial charge in [0.15, 0.2) is 0 Å². The van der Waals surface area contributed by atoms with Crippen LogP contribution in [0.2, 0.25) is 0 Å². The molecule has 0 atom stereocenters. The normalized spacial score (nSPS) is 11.3. The number of hydrogen-bond donors (Lipinski definition) is 5. The molecule has 0 heterocycles. The molecular formula is C12H33N6NaO8S2. The van der Waals surface area contributed by atoms with E-state index in [1.807, 2.05) is 7.05 Å². The van der Waals surface area contributed by atoms with E-state index in [-0.39, 0.29) is 55.9 Å². The molecule has 0 aliphatic carbocycles. The van der Waals surface area contributed by atoms with Gasteiger partial charge in [-0.2, -0.15) is 8.42 Å². The van der Waals surface area contributed by atoms with Crippen molar-refractivity contribution in [2.45, 2.75) is 0 Å². The Kier molecular flexibility index (Phi) is 25.1. The van der Waals surface area contributed by atoms with Crippen LogP contribution in [0.5, 0.6) is 0 Å². The van der Waals surface area contributed by atoms with Gasteiger partial charge in [-0.25, -0.2) is 8.42 Å². The number of nitrogens with zero attached hydrogens (tertiary/aromatic N) is 3. The standard InChI is InChI=1S/C5H13NO6S2.C4H10N2O2.C3H11N3.Na/c1-6(2-4-13(7,8)9)3-5-14(10,11)12;1-6(3-5)2-4(7)8;1-6(2-4)3-5;/h2-5H2,1H3,(H,7,8,9)(H,10,11,12);2-3,5H2,1H3,(H,7,8);2-5H2,1H3;/q;;;+1/p-1. The maximum Gasteiger partial charge on any atom is 1.00 e. The SMILES string of the molecule is CN(CCS(=O)(=O)[O-])CCS(=O)(=O)O.CN(CN)CC(=O)O.CN(CN)CN.[Na+]. The predicted octanol–water partition coefficient (Wildman–Crippen LogP) is -6.98. The second kappa shape index (κ2) is 20.0. The van der Waals surface area contributed by atoms with E-state index in [1.54, 1.807) is 11.9 Å². The van der Waals surface area contributed by atoms with E-state index in [1.165, 1.54) is 16.8 Å². The van der Waals surface area contributed by atoms with Crippen molar-refractivity contribution in [3.8, 4) is 0 Å². The van der Waals surface area contributed by atoms with E-state index in [0.29, 0.717) is 13.3 Å². The third-order valence-electron chi connectivity index (χ3n) is 2.79. The summed E-state index contributed by atoms with van der Waals surface area (Å²) >= 11 is 0. The molecule has 17 heteroatoms. The van der Waals surface area contributed by atoms with Crippen molar-refractivity contribution >= 4 is 26.2 Å². The van der Waals surface area contributed by atoms with Gasteiger partial charge in [0.2, 0.25) is 0 Å². The van der Waals surface area contributed by atoms with Gasteiger partial charge in [-0.05, 0) is 21.1 Å². The van der Waals surface area contributed by atoms with E-state index in [4.69, 9.17) is 26.9 Å². The number of nitrogens with two attached hydrogens (primary N) is 3. The average molecular weight is 477 g/mol. The van der Waals surface area contributed by atoms with Crippen molar-refractivity contribution in [2.75, 3.05) is 72.3 Å².